The van der Waals surface area contributed by atoms with Crippen molar-refractivity contribution in [2.45, 2.75) is 34.6 Å². The molecule has 0 atom stereocenters. The van der Waals surface area contributed by atoms with E-state index in [1.54, 1.807) is 40.6 Å². The third kappa shape index (κ3) is 12.9. The van der Waals surface area contributed by atoms with Crippen LogP contribution < -0.4 is 35.9 Å². The lowest BCUT2D eigenvalue weighted by Crippen LogP contribution is -2.29. The molecular formula is C33H44BBrN2O6. The molecule has 0 aliphatic rings. The number of methoxy groups -OCH3 is 4. The first-order valence-corrected chi connectivity index (χ1v) is 14.2. The highest BCUT2D eigenvalue weighted by atomic mass is 79.9. The molecule has 0 aliphatic carbocycles. The van der Waals surface area contributed by atoms with Crippen LogP contribution >= 0.6 is 15.9 Å². The Bertz CT molecular complexity index is 1430. The number of hydrogen-bond acceptors (Lipinski definition) is 8. The SMILES string of the molecule is COc1cc(Br)cc(C)c1N.COc1cc(C)cc(B(O)O)c1.COc1cc(C)cc(C)c1.COc1cccc(C)c1N. The lowest BCUT2D eigenvalue weighted by atomic mass is 9.79. The number of anilines is 2. The summed E-state index contributed by atoms with van der Waals surface area (Å²) >= 11 is 3.35. The van der Waals surface area contributed by atoms with Gasteiger partial charge in [0, 0.05) is 4.47 Å². The summed E-state index contributed by atoms with van der Waals surface area (Å²) in [6.45, 7) is 9.90. The fourth-order valence-electron chi connectivity index (χ4n) is 3.82. The van der Waals surface area contributed by atoms with Crippen LogP contribution in [0.2, 0.25) is 0 Å². The molecule has 0 aromatic heterocycles. The highest BCUT2D eigenvalue weighted by Gasteiger charge is 2.12. The second-order valence-electron chi connectivity index (χ2n) is 9.71. The van der Waals surface area contributed by atoms with Gasteiger partial charge in [-0.05, 0) is 110 Å². The molecule has 0 heterocycles. The summed E-state index contributed by atoms with van der Waals surface area (Å²) in [5.41, 5.74) is 18.8. The largest absolute Gasteiger partial charge is 0.497 e. The fourth-order valence-corrected chi connectivity index (χ4v) is 4.37. The molecule has 0 bridgehead atoms. The van der Waals surface area contributed by atoms with Gasteiger partial charge in [0.15, 0.2) is 0 Å². The molecule has 8 nitrogen and oxygen atoms in total. The van der Waals surface area contributed by atoms with Gasteiger partial charge in [0.05, 0.1) is 39.8 Å². The molecule has 232 valence electrons. The third-order valence-electron chi connectivity index (χ3n) is 6.08. The Morgan fingerprint density at radius 1 is 0.581 bits per heavy atom. The number of halogens is 1. The number of benzene rings is 4. The molecular weight excluding hydrogens is 611 g/mol. The highest BCUT2D eigenvalue weighted by molar-refractivity contribution is 9.10. The van der Waals surface area contributed by atoms with Crippen molar-refractivity contribution in [3.05, 3.63) is 99.0 Å². The van der Waals surface area contributed by atoms with Crippen LogP contribution in [0, 0.1) is 34.6 Å². The van der Waals surface area contributed by atoms with E-state index in [2.05, 4.69) is 35.8 Å². The van der Waals surface area contributed by atoms with Crippen molar-refractivity contribution in [3.8, 4) is 23.0 Å². The van der Waals surface area contributed by atoms with Crippen LogP contribution in [0.5, 0.6) is 23.0 Å². The molecule has 4 aromatic rings. The van der Waals surface area contributed by atoms with Crippen LogP contribution in [0.1, 0.15) is 27.8 Å². The minimum atomic E-state index is -1.43. The van der Waals surface area contributed by atoms with Crippen molar-refractivity contribution in [1.29, 1.82) is 0 Å². The second kappa shape index (κ2) is 18.6. The van der Waals surface area contributed by atoms with Crippen molar-refractivity contribution in [2.75, 3.05) is 39.9 Å². The molecule has 0 amide bonds. The van der Waals surface area contributed by atoms with Crippen LogP contribution in [-0.4, -0.2) is 45.6 Å². The minimum Gasteiger partial charge on any atom is -0.497 e. The van der Waals surface area contributed by atoms with Gasteiger partial charge in [-0.3, -0.25) is 0 Å². The number of nitrogens with two attached hydrogens (primary N) is 2. The molecule has 0 aliphatic heterocycles. The van der Waals surface area contributed by atoms with E-state index in [1.807, 2.05) is 69.3 Å². The number of nitrogen functional groups attached to an aromatic ring is 2. The molecule has 4 aromatic carbocycles. The van der Waals surface area contributed by atoms with Crippen LogP contribution in [0.3, 0.4) is 0 Å². The number of aryl methyl sites for hydroxylation is 5. The van der Waals surface area contributed by atoms with E-state index in [9.17, 15) is 0 Å². The van der Waals surface area contributed by atoms with Gasteiger partial charge in [-0.25, -0.2) is 0 Å². The molecule has 0 fully saturated rings. The second-order valence-corrected chi connectivity index (χ2v) is 10.6. The first-order chi connectivity index (χ1) is 20.3. The van der Waals surface area contributed by atoms with Crippen molar-refractivity contribution in [3.63, 3.8) is 0 Å². The van der Waals surface area contributed by atoms with Crippen molar-refractivity contribution >= 4 is 39.9 Å². The first kappa shape index (κ1) is 37.2. The molecule has 10 heteroatoms. The van der Waals surface area contributed by atoms with Crippen molar-refractivity contribution in [1.82, 2.24) is 0 Å². The lowest BCUT2D eigenvalue weighted by Gasteiger charge is -2.07. The van der Waals surface area contributed by atoms with Crippen LogP contribution in [0.15, 0.2) is 71.2 Å². The summed E-state index contributed by atoms with van der Waals surface area (Å²) in [5, 5.41) is 17.7. The zero-order valence-electron chi connectivity index (χ0n) is 26.5. The Kier molecular flexibility index (Phi) is 16.1. The van der Waals surface area contributed by atoms with E-state index in [4.69, 9.17) is 40.5 Å². The lowest BCUT2D eigenvalue weighted by molar-refractivity contribution is 0.411. The van der Waals surface area contributed by atoms with Gasteiger partial charge in [0.1, 0.15) is 23.0 Å². The summed E-state index contributed by atoms with van der Waals surface area (Å²) in [4.78, 5) is 0. The molecule has 0 unspecified atom stereocenters. The molecule has 4 rings (SSSR count). The Balaban J connectivity index is 0.000000287. The summed E-state index contributed by atoms with van der Waals surface area (Å²) in [7, 11) is 5.03. The maximum Gasteiger partial charge on any atom is 0.488 e. The maximum absolute atomic E-state index is 8.87. The number of para-hydroxylation sites is 1. The Morgan fingerprint density at radius 3 is 1.53 bits per heavy atom. The highest BCUT2D eigenvalue weighted by Crippen LogP contribution is 2.29. The predicted octanol–water partition coefficient (Wildman–Crippen LogP) is 5.93. The van der Waals surface area contributed by atoms with Gasteiger partial charge in [0.25, 0.3) is 0 Å². The normalized spacial score (nSPS) is 9.58. The molecule has 0 radical (unpaired) electrons. The molecule has 0 saturated carbocycles. The van der Waals surface area contributed by atoms with E-state index in [1.165, 1.54) is 11.1 Å². The van der Waals surface area contributed by atoms with Gasteiger partial charge >= 0.3 is 7.12 Å². The van der Waals surface area contributed by atoms with Crippen LogP contribution in [0.4, 0.5) is 11.4 Å². The summed E-state index contributed by atoms with van der Waals surface area (Å²) in [6.07, 6.45) is 0. The average Bonchev–Trinajstić information content (AvgIpc) is 2.96. The van der Waals surface area contributed by atoms with E-state index in [0.29, 0.717) is 16.9 Å². The molecule has 6 N–H and O–H groups in total. The molecule has 43 heavy (non-hydrogen) atoms. The Labute approximate surface area is 264 Å². The van der Waals surface area contributed by atoms with Crippen molar-refractivity contribution < 1.29 is 29.0 Å². The average molecular weight is 655 g/mol. The monoisotopic (exact) mass is 654 g/mol. The zero-order chi connectivity index (χ0) is 32.7. The summed E-state index contributed by atoms with van der Waals surface area (Å²) in [5.74, 6) is 3.05. The number of ether oxygens (including phenoxy) is 4. The topological polar surface area (TPSA) is 129 Å². The first-order valence-electron chi connectivity index (χ1n) is 13.4. The summed E-state index contributed by atoms with van der Waals surface area (Å²) in [6, 6.07) is 20.8. The minimum absolute atomic E-state index is 0.451. The van der Waals surface area contributed by atoms with Gasteiger partial charge in [-0.2, -0.15) is 0 Å². The zero-order valence-corrected chi connectivity index (χ0v) is 28.1. The van der Waals surface area contributed by atoms with E-state index in [0.717, 1.165) is 44.1 Å². The van der Waals surface area contributed by atoms with Gasteiger partial charge < -0.3 is 40.5 Å². The number of rotatable bonds is 5. The van der Waals surface area contributed by atoms with E-state index < -0.39 is 7.12 Å². The standard InChI is InChI=1S/C9H12O.C8H11BO3.C8H10BrNO.C8H11NO/c1-7-4-8(2)6-9(5-7)10-3;1-6-3-7(9(10)11)5-8(4-6)12-2;1-5-3-6(9)4-7(11-2)8(5)10;1-6-4-3-5-7(10-2)8(6)9/h4-6H,1-3H3;3-5,10-11H,1-2H3;3-4H,10H2,1-2H3;3-5H,9H2,1-2H3. The predicted molar refractivity (Wildman–Crippen MR) is 182 cm³/mol. The molecule has 0 spiro atoms. The van der Waals surface area contributed by atoms with E-state index >= 15 is 0 Å². The van der Waals surface area contributed by atoms with Crippen molar-refractivity contribution in [2.24, 2.45) is 0 Å². The third-order valence-corrected chi connectivity index (χ3v) is 6.53. The van der Waals surface area contributed by atoms with Crippen LogP contribution in [0.25, 0.3) is 0 Å². The van der Waals surface area contributed by atoms with E-state index in [-0.39, 0.29) is 0 Å². The smallest absolute Gasteiger partial charge is 0.488 e. The summed E-state index contributed by atoms with van der Waals surface area (Å²) < 4.78 is 21.1. The Hall–Kier alpha value is -3.86. The van der Waals surface area contributed by atoms with Gasteiger partial charge in [-0.1, -0.05) is 40.2 Å². The Morgan fingerprint density at radius 2 is 1.07 bits per heavy atom. The molecule has 0 saturated heterocycles. The quantitative estimate of drug-likeness (QED) is 0.154. The maximum atomic E-state index is 8.87. The fraction of sp³-hybridized carbons (Fsp3) is 0.273. The number of hydrogen-bond donors (Lipinski definition) is 4. The van der Waals surface area contributed by atoms with Crippen LogP contribution in [-0.2, 0) is 0 Å². The van der Waals surface area contributed by atoms with Gasteiger partial charge in [-0.15, -0.1) is 0 Å². The van der Waals surface area contributed by atoms with Gasteiger partial charge in [0.2, 0.25) is 0 Å².